The second-order valence-electron chi connectivity index (χ2n) is 4.42. The first kappa shape index (κ1) is 14.6. The third-order valence-corrected chi connectivity index (χ3v) is 4.76. The number of sulfonamides is 1. The van der Waals surface area contributed by atoms with Crippen LogP contribution in [0.5, 0.6) is 0 Å². The molecule has 0 saturated heterocycles. The van der Waals surface area contributed by atoms with Gasteiger partial charge in [0.05, 0.1) is 11.5 Å². The molecule has 0 spiro atoms. The molecule has 0 unspecified atom stereocenters. The average Bonchev–Trinajstić information content (AvgIpc) is 2.48. The first-order valence-electron chi connectivity index (χ1n) is 6.09. The van der Waals surface area contributed by atoms with Crippen molar-refractivity contribution in [2.24, 2.45) is 0 Å². The number of hydrogen-bond donors (Lipinski definition) is 1. The number of aliphatic hydroxyl groups is 1. The van der Waals surface area contributed by atoms with Crippen molar-refractivity contribution in [3.05, 3.63) is 59.9 Å². The van der Waals surface area contributed by atoms with Gasteiger partial charge in [0, 0.05) is 26.0 Å². The van der Waals surface area contributed by atoms with Gasteiger partial charge in [-0.15, -0.1) is 0 Å². The molecule has 2 rings (SSSR count). The summed E-state index contributed by atoms with van der Waals surface area (Å²) in [6, 6.07) is 9.80. The van der Waals surface area contributed by atoms with Gasteiger partial charge < -0.3 is 5.11 Å². The summed E-state index contributed by atoms with van der Waals surface area (Å²) in [5.74, 6) is 0. The molecule has 0 aliphatic carbocycles. The van der Waals surface area contributed by atoms with E-state index in [1.54, 1.807) is 30.6 Å². The van der Waals surface area contributed by atoms with Crippen molar-refractivity contribution in [1.29, 1.82) is 0 Å². The van der Waals surface area contributed by atoms with Crippen LogP contribution in [-0.4, -0.2) is 29.9 Å². The lowest BCUT2D eigenvalue weighted by atomic mass is 10.2. The first-order chi connectivity index (χ1) is 9.54. The molecule has 0 saturated carbocycles. The molecule has 5 nitrogen and oxygen atoms in total. The van der Waals surface area contributed by atoms with Crippen molar-refractivity contribution in [2.45, 2.75) is 18.0 Å². The maximum atomic E-state index is 12.4. The largest absolute Gasteiger partial charge is 0.392 e. The van der Waals surface area contributed by atoms with Crippen LogP contribution in [-0.2, 0) is 23.2 Å². The smallest absolute Gasteiger partial charge is 0.243 e. The summed E-state index contributed by atoms with van der Waals surface area (Å²) in [6.45, 7) is 0.157. The molecule has 0 radical (unpaired) electrons. The molecule has 106 valence electrons. The van der Waals surface area contributed by atoms with E-state index in [9.17, 15) is 8.42 Å². The first-order valence-corrected chi connectivity index (χ1v) is 7.53. The van der Waals surface area contributed by atoms with E-state index in [1.807, 2.05) is 6.07 Å². The van der Waals surface area contributed by atoms with E-state index >= 15 is 0 Å². The summed E-state index contributed by atoms with van der Waals surface area (Å²) >= 11 is 0. The van der Waals surface area contributed by atoms with Crippen molar-refractivity contribution >= 4 is 10.0 Å². The van der Waals surface area contributed by atoms with E-state index in [1.165, 1.54) is 23.5 Å². The number of hydrogen-bond acceptors (Lipinski definition) is 4. The average molecular weight is 292 g/mol. The number of benzene rings is 1. The van der Waals surface area contributed by atoms with Gasteiger partial charge in [0.25, 0.3) is 0 Å². The maximum Gasteiger partial charge on any atom is 0.243 e. The van der Waals surface area contributed by atoms with Gasteiger partial charge in [-0.25, -0.2) is 8.42 Å². The summed E-state index contributed by atoms with van der Waals surface area (Å²) in [5, 5.41) is 8.97. The van der Waals surface area contributed by atoms with E-state index in [0.717, 1.165) is 5.56 Å². The fourth-order valence-corrected chi connectivity index (χ4v) is 2.94. The van der Waals surface area contributed by atoms with Gasteiger partial charge in [0.1, 0.15) is 0 Å². The third kappa shape index (κ3) is 3.22. The second kappa shape index (κ2) is 6.13. The molecule has 0 bridgehead atoms. The zero-order valence-electron chi connectivity index (χ0n) is 11.1. The van der Waals surface area contributed by atoms with Crippen LogP contribution < -0.4 is 0 Å². The van der Waals surface area contributed by atoms with Gasteiger partial charge >= 0.3 is 0 Å². The van der Waals surface area contributed by atoms with Gasteiger partial charge in [-0.1, -0.05) is 18.2 Å². The van der Waals surface area contributed by atoms with Gasteiger partial charge in [-0.05, 0) is 29.3 Å². The number of aliphatic hydroxyl groups excluding tert-OH is 1. The molecule has 0 fully saturated rings. The van der Waals surface area contributed by atoms with Crippen LogP contribution in [0.2, 0.25) is 0 Å². The Morgan fingerprint density at radius 1 is 1.15 bits per heavy atom. The maximum absolute atomic E-state index is 12.4. The highest BCUT2D eigenvalue weighted by atomic mass is 32.2. The minimum atomic E-state index is -3.54. The van der Waals surface area contributed by atoms with E-state index in [0.29, 0.717) is 5.56 Å². The molecular weight excluding hydrogens is 276 g/mol. The molecular formula is C14H16N2O3S. The van der Waals surface area contributed by atoms with Crippen molar-refractivity contribution in [3.63, 3.8) is 0 Å². The molecule has 0 aliphatic heterocycles. The lowest BCUT2D eigenvalue weighted by molar-refractivity contribution is 0.281. The van der Waals surface area contributed by atoms with Gasteiger partial charge in [-0.2, -0.15) is 4.31 Å². The molecule has 1 aromatic heterocycles. The summed E-state index contributed by atoms with van der Waals surface area (Å²) in [6.07, 6.45) is 3.28. The quantitative estimate of drug-likeness (QED) is 0.904. The van der Waals surface area contributed by atoms with E-state index in [4.69, 9.17) is 5.11 Å². The van der Waals surface area contributed by atoms with E-state index in [2.05, 4.69) is 4.98 Å². The number of aromatic nitrogens is 1. The van der Waals surface area contributed by atoms with Gasteiger partial charge in [-0.3, -0.25) is 4.98 Å². The summed E-state index contributed by atoms with van der Waals surface area (Å²) in [5.41, 5.74) is 1.50. The van der Waals surface area contributed by atoms with E-state index < -0.39 is 10.0 Å². The van der Waals surface area contributed by atoms with Crippen LogP contribution in [0, 0.1) is 0 Å². The predicted molar refractivity (Wildman–Crippen MR) is 75.3 cm³/mol. The molecule has 1 aromatic carbocycles. The van der Waals surface area contributed by atoms with Crippen LogP contribution in [0.1, 0.15) is 11.1 Å². The van der Waals surface area contributed by atoms with Crippen LogP contribution in [0.4, 0.5) is 0 Å². The minimum absolute atomic E-state index is 0.105. The van der Waals surface area contributed by atoms with Crippen molar-refractivity contribution in [1.82, 2.24) is 9.29 Å². The second-order valence-corrected chi connectivity index (χ2v) is 6.47. The number of rotatable bonds is 5. The van der Waals surface area contributed by atoms with Crippen LogP contribution in [0.15, 0.2) is 53.7 Å². The van der Waals surface area contributed by atoms with Crippen LogP contribution in [0.3, 0.4) is 0 Å². The fraction of sp³-hybridized carbons (Fsp3) is 0.214. The molecule has 1 heterocycles. The molecule has 2 aromatic rings. The standard InChI is InChI=1S/C14H16N2O3S/c1-16(10-13-3-2-8-15-9-13)20(18,19)14-6-4-12(11-17)5-7-14/h2-9,17H,10-11H2,1H3. The lowest BCUT2D eigenvalue weighted by Crippen LogP contribution is -2.26. The Morgan fingerprint density at radius 2 is 1.85 bits per heavy atom. The minimum Gasteiger partial charge on any atom is -0.392 e. The molecule has 0 amide bonds. The van der Waals surface area contributed by atoms with Crippen molar-refractivity contribution in [2.75, 3.05) is 7.05 Å². The molecule has 20 heavy (non-hydrogen) atoms. The lowest BCUT2D eigenvalue weighted by Gasteiger charge is -2.17. The van der Waals surface area contributed by atoms with Crippen LogP contribution in [0.25, 0.3) is 0 Å². The Labute approximate surface area is 118 Å². The Balaban J connectivity index is 2.20. The summed E-state index contributed by atoms with van der Waals surface area (Å²) in [4.78, 5) is 4.18. The highest BCUT2D eigenvalue weighted by Crippen LogP contribution is 2.17. The van der Waals surface area contributed by atoms with Gasteiger partial charge in [0.2, 0.25) is 10.0 Å². The monoisotopic (exact) mass is 292 g/mol. The Bertz CT molecular complexity index is 655. The number of pyridine rings is 1. The SMILES string of the molecule is CN(Cc1cccnc1)S(=O)(=O)c1ccc(CO)cc1. The Hall–Kier alpha value is -1.76. The van der Waals surface area contributed by atoms with E-state index in [-0.39, 0.29) is 18.0 Å². The molecule has 0 atom stereocenters. The normalized spacial score (nSPS) is 11.8. The highest BCUT2D eigenvalue weighted by Gasteiger charge is 2.20. The topological polar surface area (TPSA) is 70.5 Å². The molecule has 6 heteroatoms. The Morgan fingerprint density at radius 3 is 2.40 bits per heavy atom. The van der Waals surface area contributed by atoms with Crippen LogP contribution >= 0.6 is 0 Å². The molecule has 1 N–H and O–H groups in total. The molecule has 0 aliphatic rings. The Kier molecular flexibility index (Phi) is 4.49. The zero-order chi connectivity index (χ0) is 14.6. The van der Waals surface area contributed by atoms with Crippen molar-refractivity contribution in [3.8, 4) is 0 Å². The third-order valence-electron chi connectivity index (χ3n) is 2.94. The van der Waals surface area contributed by atoms with Crippen molar-refractivity contribution < 1.29 is 13.5 Å². The predicted octanol–water partition coefficient (Wildman–Crippen LogP) is 1.39. The number of nitrogens with zero attached hydrogens (tertiary/aromatic N) is 2. The summed E-state index contributed by atoms with van der Waals surface area (Å²) < 4.78 is 26.0. The fourth-order valence-electron chi connectivity index (χ4n) is 1.78. The summed E-state index contributed by atoms with van der Waals surface area (Å²) in [7, 11) is -2.01. The highest BCUT2D eigenvalue weighted by molar-refractivity contribution is 7.89. The van der Waals surface area contributed by atoms with Gasteiger partial charge in [0.15, 0.2) is 0 Å². The zero-order valence-corrected chi connectivity index (χ0v) is 11.9.